The summed E-state index contributed by atoms with van der Waals surface area (Å²) >= 11 is 0. The fourth-order valence-corrected chi connectivity index (χ4v) is 6.52. The van der Waals surface area contributed by atoms with Gasteiger partial charge in [-0.25, -0.2) is 0 Å². The molecule has 0 rings (SSSR count). The lowest BCUT2D eigenvalue weighted by Crippen LogP contribution is -2.30. The van der Waals surface area contributed by atoms with Gasteiger partial charge in [0.1, 0.15) is 13.2 Å². The normalized spacial score (nSPS) is 13.0. The van der Waals surface area contributed by atoms with Crippen LogP contribution in [0.15, 0.2) is 109 Å². The second-order valence-corrected chi connectivity index (χ2v) is 16.3. The Hall–Kier alpha value is -3.93. The Morgan fingerprint density at radius 3 is 0.984 bits per heavy atom. The van der Waals surface area contributed by atoms with Crippen LogP contribution in [-0.4, -0.2) is 37.2 Å². The van der Waals surface area contributed by atoms with Gasteiger partial charge < -0.3 is 14.2 Å². The van der Waals surface area contributed by atoms with Crippen LogP contribution in [0.3, 0.4) is 0 Å². The van der Waals surface area contributed by atoms with E-state index < -0.39 is 6.10 Å². The third kappa shape index (κ3) is 49.0. The summed E-state index contributed by atoms with van der Waals surface area (Å²) in [6.45, 7) is 6.31. The molecule has 0 radical (unpaired) electrons. The van der Waals surface area contributed by atoms with Gasteiger partial charge in [0.15, 0.2) is 6.10 Å². The standard InChI is InChI=1S/C57H92O6/c1-4-7-10-13-16-18-20-22-23-24-25-26-27-28-29-30-31-32-33-35-36-38-41-44-47-50-56(59)62-53-54(52-61-55(58)49-46-43-40-15-12-9-6-3)63-57(60)51-48-45-42-39-37-34-21-19-17-14-11-8-5-2/h7-8,10-11,16-19,22-23,25-26,28-29,31-32,34,37,54H,4-6,9,12-15,20-21,24,27,30,33,35-36,38-53H2,1-3H3/b10-7-,11-8-,18-16-,19-17-,23-22-,26-25-,29-28-,32-31-,37-34-. The van der Waals surface area contributed by atoms with Gasteiger partial charge in [0, 0.05) is 19.3 Å². The van der Waals surface area contributed by atoms with Gasteiger partial charge in [0.2, 0.25) is 0 Å². The van der Waals surface area contributed by atoms with Gasteiger partial charge in [-0.3, -0.25) is 14.4 Å². The molecule has 6 nitrogen and oxygen atoms in total. The molecule has 6 heteroatoms. The van der Waals surface area contributed by atoms with Crippen molar-refractivity contribution in [3.05, 3.63) is 109 Å². The summed E-state index contributed by atoms with van der Waals surface area (Å²) in [5, 5.41) is 0. The maximum absolute atomic E-state index is 12.7. The lowest BCUT2D eigenvalue weighted by Gasteiger charge is -2.18. The molecule has 1 unspecified atom stereocenters. The van der Waals surface area contributed by atoms with Gasteiger partial charge in [-0.2, -0.15) is 0 Å². The molecule has 0 spiro atoms. The van der Waals surface area contributed by atoms with Crippen molar-refractivity contribution < 1.29 is 28.6 Å². The molecular formula is C57H92O6. The zero-order valence-electron chi connectivity index (χ0n) is 40.5. The average Bonchev–Trinajstić information content (AvgIpc) is 3.28. The van der Waals surface area contributed by atoms with E-state index >= 15 is 0 Å². The first-order valence-electron chi connectivity index (χ1n) is 25.4. The van der Waals surface area contributed by atoms with Gasteiger partial charge in [0.25, 0.3) is 0 Å². The smallest absolute Gasteiger partial charge is 0.306 e. The predicted molar refractivity (Wildman–Crippen MR) is 270 cm³/mol. The predicted octanol–water partition coefficient (Wildman–Crippen LogP) is 16.8. The van der Waals surface area contributed by atoms with E-state index in [4.69, 9.17) is 14.2 Å². The first kappa shape index (κ1) is 59.1. The summed E-state index contributed by atoms with van der Waals surface area (Å²) in [4.78, 5) is 37.7. The first-order valence-corrected chi connectivity index (χ1v) is 25.4. The summed E-state index contributed by atoms with van der Waals surface area (Å²) in [5.41, 5.74) is 0. The number of allylic oxidation sites excluding steroid dienone is 18. The lowest BCUT2D eigenvalue weighted by atomic mass is 10.1. The Balaban J connectivity index is 4.28. The number of carbonyl (C=O) groups is 3. The molecule has 0 aliphatic heterocycles. The van der Waals surface area contributed by atoms with Gasteiger partial charge in [-0.15, -0.1) is 0 Å². The highest BCUT2D eigenvalue weighted by Crippen LogP contribution is 2.13. The lowest BCUT2D eigenvalue weighted by molar-refractivity contribution is -0.167. The van der Waals surface area contributed by atoms with Crippen molar-refractivity contribution in [2.45, 2.75) is 219 Å². The fraction of sp³-hybridized carbons (Fsp3) is 0.632. The molecule has 0 fully saturated rings. The molecule has 0 saturated carbocycles. The number of hydrogen-bond donors (Lipinski definition) is 0. The Labute approximate surface area is 387 Å². The Morgan fingerprint density at radius 2 is 0.619 bits per heavy atom. The zero-order valence-corrected chi connectivity index (χ0v) is 40.5. The molecular weight excluding hydrogens is 781 g/mol. The minimum atomic E-state index is -0.797. The van der Waals surface area contributed by atoms with Crippen LogP contribution in [0.25, 0.3) is 0 Å². The molecule has 0 aliphatic carbocycles. The van der Waals surface area contributed by atoms with Crippen LogP contribution in [0, 0.1) is 0 Å². The quantitative estimate of drug-likeness (QED) is 0.0263. The molecule has 0 saturated heterocycles. The maximum Gasteiger partial charge on any atom is 0.306 e. The largest absolute Gasteiger partial charge is 0.462 e. The Bertz CT molecular complexity index is 1330. The van der Waals surface area contributed by atoms with Crippen molar-refractivity contribution in [1.82, 2.24) is 0 Å². The van der Waals surface area contributed by atoms with Crippen molar-refractivity contribution >= 4 is 17.9 Å². The van der Waals surface area contributed by atoms with E-state index in [1.807, 2.05) is 0 Å². The molecule has 0 bridgehead atoms. The SMILES string of the molecule is CC/C=C\C/C=C\C/C=C\C/C=C\C/C=C\C/C=C\CCCCCCCCC(=O)OCC(COC(=O)CCCCCCCCC)OC(=O)CCCCC/C=C\C/C=C\C/C=C\CC. The van der Waals surface area contributed by atoms with Gasteiger partial charge in [-0.1, -0.05) is 201 Å². The van der Waals surface area contributed by atoms with Crippen LogP contribution in [0.5, 0.6) is 0 Å². The van der Waals surface area contributed by atoms with Crippen molar-refractivity contribution in [3.63, 3.8) is 0 Å². The van der Waals surface area contributed by atoms with Gasteiger partial charge in [0.05, 0.1) is 0 Å². The van der Waals surface area contributed by atoms with Crippen molar-refractivity contribution in [3.8, 4) is 0 Å². The highest BCUT2D eigenvalue weighted by molar-refractivity contribution is 5.71. The number of unbranched alkanes of at least 4 members (excludes halogenated alkanes) is 15. The molecule has 0 aliphatic rings. The number of esters is 3. The van der Waals surface area contributed by atoms with E-state index in [9.17, 15) is 14.4 Å². The van der Waals surface area contributed by atoms with E-state index in [1.54, 1.807) is 0 Å². The highest BCUT2D eigenvalue weighted by Gasteiger charge is 2.19. The number of ether oxygens (including phenoxy) is 3. The Kier molecular flexibility index (Phi) is 47.5. The number of hydrogen-bond acceptors (Lipinski definition) is 6. The highest BCUT2D eigenvalue weighted by atomic mass is 16.6. The second kappa shape index (κ2) is 50.7. The average molecular weight is 873 g/mol. The minimum Gasteiger partial charge on any atom is -0.462 e. The van der Waals surface area contributed by atoms with E-state index in [0.717, 1.165) is 135 Å². The van der Waals surface area contributed by atoms with Crippen molar-refractivity contribution in [2.75, 3.05) is 13.2 Å². The molecule has 0 heterocycles. The van der Waals surface area contributed by atoms with Crippen LogP contribution in [0.4, 0.5) is 0 Å². The number of carbonyl (C=O) groups excluding carboxylic acids is 3. The monoisotopic (exact) mass is 873 g/mol. The minimum absolute atomic E-state index is 0.0962. The van der Waals surface area contributed by atoms with E-state index in [0.29, 0.717) is 12.8 Å². The Morgan fingerprint density at radius 1 is 0.333 bits per heavy atom. The van der Waals surface area contributed by atoms with Crippen molar-refractivity contribution in [1.29, 1.82) is 0 Å². The molecule has 0 amide bonds. The molecule has 63 heavy (non-hydrogen) atoms. The first-order chi connectivity index (χ1) is 31.0. The van der Waals surface area contributed by atoms with Gasteiger partial charge in [-0.05, 0) is 103 Å². The van der Waals surface area contributed by atoms with E-state index in [1.165, 1.54) is 38.5 Å². The third-order valence-corrected chi connectivity index (χ3v) is 10.3. The van der Waals surface area contributed by atoms with E-state index in [2.05, 4.69) is 130 Å². The molecule has 0 N–H and O–H groups in total. The van der Waals surface area contributed by atoms with Crippen LogP contribution in [0.1, 0.15) is 213 Å². The van der Waals surface area contributed by atoms with Crippen LogP contribution >= 0.6 is 0 Å². The third-order valence-electron chi connectivity index (χ3n) is 10.3. The van der Waals surface area contributed by atoms with Crippen LogP contribution < -0.4 is 0 Å². The molecule has 0 aromatic carbocycles. The van der Waals surface area contributed by atoms with Gasteiger partial charge >= 0.3 is 17.9 Å². The summed E-state index contributed by atoms with van der Waals surface area (Å²) in [5.74, 6) is -0.956. The molecule has 356 valence electrons. The summed E-state index contributed by atoms with van der Waals surface area (Å²) < 4.78 is 16.7. The zero-order chi connectivity index (χ0) is 45.8. The van der Waals surface area contributed by atoms with E-state index in [-0.39, 0.29) is 37.5 Å². The number of rotatable bonds is 44. The van der Waals surface area contributed by atoms with Crippen molar-refractivity contribution in [2.24, 2.45) is 0 Å². The fourth-order valence-electron chi connectivity index (χ4n) is 6.52. The topological polar surface area (TPSA) is 78.9 Å². The summed E-state index contributed by atoms with van der Waals surface area (Å²) in [6.07, 6.45) is 68.1. The molecule has 0 aromatic heterocycles. The molecule has 1 atom stereocenters. The van der Waals surface area contributed by atoms with Crippen LogP contribution in [0.2, 0.25) is 0 Å². The summed E-state index contributed by atoms with van der Waals surface area (Å²) in [7, 11) is 0. The maximum atomic E-state index is 12.7. The van der Waals surface area contributed by atoms with Crippen LogP contribution in [-0.2, 0) is 28.6 Å². The second-order valence-electron chi connectivity index (χ2n) is 16.3. The summed E-state index contributed by atoms with van der Waals surface area (Å²) in [6, 6.07) is 0. The molecule has 0 aromatic rings.